The zero-order valence-electron chi connectivity index (χ0n) is 11.4. The van der Waals surface area contributed by atoms with E-state index in [4.69, 9.17) is 0 Å². The second-order valence-corrected chi connectivity index (χ2v) is 5.44. The minimum absolute atomic E-state index is 0.294. The van der Waals surface area contributed by atoms with E-state index in [-0.39, 0.29) is 0 Å². The van der Waals surface area contributed by atoms with Crippen LogP contribution in [0.3, 0.4) is 0 Å². The van der Waals surface area contributed by atoms with E-state index in [1.165, 1.54) is 11.1 Å². The molecular weight excluding hydrogens is 300 g/mol. The molecule has 1 aromatic heterocycles. The van der Waals surface area contributed by atoms with E-state index in [2.05, 4.69) is 64.3 Å². The zero-order valence-corrected chi connectivity index (χ0v) is 12.9. The second-order valence-electron chi connectivity index (χ2n) is 4.59. The Bertz CT molecular complexity index is 540. The number of hydrogen-bond acceptors (Lipinski definition) is 2. The maximum Gasteiger partial charge on any atom is 0.0573 e. The van der Waals surface area contributed by atoms with Crippen LogP contribution >= 0.6 is 15.9 Å². The van der Waals surface area contributed by atoms with Crippen LogP contribution in [0.15, 0.2) is 47.1 Å². The predicted molar refractivity (Wildman–Crippen MR) is 83.0 cm³/mol. The van der Waals surface area contributed by atoms with Gasteiger partial charge in [-0.2, -0.15) is 0 Å². The third-order valence-electron chi connectivity index (χ3n) is 3.31. The van der Waals surface area contributed by atoms with Crippen molar-refractivity contribution in [2.45, 2.75) is 32.9 Å². The lowest BCUT2D eigenvalue weighted by Gasteiger charge is -2.16. The Balaban J connectivity index is 2.04. The van der Waals surface area contributed by atoms with Crippen molar-refractivity contribution in [3.05, 3.63) is 63.9 Å². The first-order chi connectivity index (χ1) is 9.22. The normalized spacial score (nSPS) is 12.4. The molecule has 2 rings (SSSR count). The fraction of sp³-hybridized carbons (Fsp3) is 0.312. The summed E-state index contributed by atoms with van der Waals surface area (Å²) in [5.41, 5.74) is 3.73. The minimum Gasteiger partial charge on any atom is -0.305 e. The van der Waals surface area contributed by atoms with Crippen molar-refractivity contribution in [3.63, 3.8) is 0 Å². The average molecular weight is 319 g/mol. The molecule has 0 amide bonds. The molecule has 1 unspecified atom stereocenters. The molecule has 1 N–H and O–H groups in total. The van der Waals surface area contributed by atoms with Gasteiger partial charge < -0.3 is 5.32 Å². The van der Waals surface area contributed by atoms with Gasteiger partial charge in [-0.05, 0) is 36.6 Å². The number of nitrogens with one attached hydrogen (secondary N) is 1. The summed E-state index contributed by atoms with van der Waals surface area (Å²) in [6, 6.07) is 12.8. The van der Waals surface area contributed by atoms with Crippen LogP contribution in [0.2, 0.25) is 0 Å². The van der Waals surface area contributed by atoms with Crippen LogP contribution in [0, 0.1) is 0 Å². The fourth-order valence-electron chi connectivity index (χ4n) is 2.14. The summed E-state index contributed by atoms with van der Waals surface area (Å²) in [5, 5.41) is 3.54. The van der Waals surface area contributed by atoms with Crippen molar-refractivity contribution in [1.82, 2.24) is 10.3 Å². The van der Waals surface area contributed by atoms with E-state index < -0.39 is 0 Å². The van der Waals surface area contributed by atoms with Gasteiger partial charge in [-0.3, -0.25) is 4.98 Å². The van der Waals surface area contributed by atoms with Gasteiger partial charge in [-0.15, -0.1) is 0 Å². The van der Waals surface area contributed by atoms with Crippen LogP contribution in [0.1, 0.15) is 36.7 Å². The molecule has 2 nitrogen and oxygen atoms in total. The van der Waals surface area contributed by atoms with Gasteiger partial charge in [0.1, 0.15) is 0 Å². The molecule has 1 atom stereocenters. The van der Waals surface area contributed by atoms with Gasteiger partial charge in [-0.25, -0.2) is 0 Å². The summed E-state index contributed by atoms with van der Waals surface area (Å²) in [4.78, 5) is 4.46. The molecule has 0 bridgehead atoms. The lowest BCUT2D eigenvalue weighted by molar-refractivity contribution is 0.563. The smallest absolute Gasteiger partial charge is 0.0573 e. The third-order valence-corrected chi connectivity index (χ3v) is 4.04. The summed E-state index contributed by atoms with van der Waals surface area (Å²) < 4.78 is 1.15. The minimum atomic E-state index is 0.294. The maximum atomic E-state index is 4.46. The Hall–Kier alpha value is -1.19. The highest BCUT2D eigenvalue weighted by Crippen LogP contribution is 2.23. The van der Waals surface area contributed by atoms with Crippen molar-refractivity contribution in [2.75, 3.05) is 0 Å². The first-order valence-electron chi connectivity index (χ1n) is 6.63. The molecule has 0 aliphatic carbocycles. The average Bonchev–Trinajstić information content (AvgIpc) is 2.45. The molecule has 0 saturated heterocycles. The summed E-state index contributed by atoms with van der Waals surface area (Å²) in [5.74, 6) is 0. The van der Waals surface area contributed by atoms with Gasteiger partial charge in [0.15, 0.2) is 0 Å². The summed E-state index contributed by atoms with van der Waals surface area (Å²) in [7, 11) is 0. The van der Waals surface area contributed by atoms with Crippen LogP contribution in [0.5, 0.6) is 0 Å². The summed E-state index contributed by atoms with van der Waals surface area (Å²) in [6.45, 7) is 5.14. The molecule has 0 radical (unpaired) electrons. The molecular formula is C16H19BrN2. The van der Waals surface area contributed by atoms with Crippen molar-refractivity contribution in [1.29, 1.82) is 0 Å². The van der Waals surface area contributed by atoms with Gasteiger partial charge in [0.2, 0.25) is 0 Å². The van der Waals surface area contributed by atoms with E-state index in [9.17, 15) is 0 Å². The SMILES string of the molecule is CCc1cccnc1CNC(C)c1ccccc1Br. The quantitative estimate of drug-likeness (QED) is 0.891. The van der Waals surface area contributed by atoms with Crippen LogP contribution in [0.4, 0.5) is 0 Å². The van der Waals surface area contributed by atoms with Gasteiger partial charge in [-0.1, -0.05) is 47.1 Å². The molecule has 0 saturated carbocycles. The van der Waals surface area contributed by atoms with E-state index in [1.807, 2.05) is 18.3 Å². The van der Waals surface area contributed by atoms with Gasteiger partial charge in [0.05, 0.1) is 5.69 Å². The Morgan fingerprint density at radius 3 is 2.74 bits per heavy atom. The predicted octanol–water partition coefficient (Wildman–Crippen LogP) is 4.26. The number of rotatable bonds is 5. The highest BCUT2D eigenvalue weighted by atomic mass is 79.9. The van der Waals surface area contributed by atoms with Crippen molar-refractivity contribution >= 4 is 15.9 Å². The van der Waals surface area contributed by atoms with Gasteiger partial charge in [0.25, 0.3) is 0 Å². The Morgan fingerprint density at radius 2 is 2.00 bits per heavy atom. The Labute approximate surface area is 123 Å². The number of hydrogen-bond donors (Lipinski definition) is 1. The molecule has 0 aliphatic rings. The van der Waals surface area contributed by atoms with Gasteiger partial charge >= 0.3 is 0 Å². The van der Waals surface area contributed by atoms with Crippen molar-refractivity contribution in [2.24, 2.45) is 0 Å². The maximum absolute atomic E-state index is 4.46. The summed E-state index contributed by atoms with van der Waals surface area (Å²) >= 11 is 3.60. The molecule has 1 aromatic carbocycles. The monoisotopic (exact) mass is 318 g/mol. The largest absolute Gasteiger partial charge is 0.305 e. The highest BCUT2D eigenvalue weighted by molar-refractivity contribution is 9.10. The molecule has 0 spiro atoms. The lowest BCUT2D eigenvalue weighted by atomic mass is 10.1. The van der Waals surface area contributed by atoms with Crippen LogP contribution < -0.4 is 5.32 Å². The third kappa shape index (κ3) is 3.64. The number of halogens is 1. The van der Waals surface area contributed by atoms with Crippen LogP contribution in [-0.4, -0.2) is 4.98 Å². The van der Waals surface area contributed by atoms with E-state index in [0.717, 1.165) is 23.1 Å². The summed E-state index contributed by atoms with van der Waals surface area (Å²) in [6.07, 6.45) is 2.88. The molecule has 19 heavy (non-hydrogen) atoms. The first-order valence-corrected chi connectivity index (χ1v) is 7.42. The van der Waals surface area contributed by atoms with Gasteiger partial charge in [0, 0.05) is 23.3 Å². The zero-order chi connectivity index (χ0) is 13.7. The molecule has 2 aromatic rings. The van der Waals surface area contributed by atoms with E-state index in [0.29, 0.717) is 6.04 Å². The second kappa shape index (κ2) is 6.83. The number of benzene rings is 1. The molecule has 1 heterocycles. The van der Waals surface area contributed by atoms with E-state index in [1.54, 1.807) is 0 Å². The molecule has 0 aliphatic heterocycles. The Kier molecular flexibility index (Phi) is 5.11. The molecule has 3 heteroatoms. The lowest BCUT2D eigenvalue weighted by Crippen LogP contribution is -2.20. The van der Waals surface area contributed by atoms with E-state index >= 15 is 0 Å². The van der Waals surface area contributed by atoms with Crippen molar-refractivity contribution in [3.8, 4) is 0 Å². The van der Waals surface area contributed by atoms with Crippen LogP contribution in [-0.2, 0) is 13.0 Å². The fourth-order valence-corrected chi connectivity index (χ4v) is 2.77. The number of aromatic nitrogens is 1. The van der Waals surface area contributed by atoms with Crippen molar-refractivity contribution < 1.29 is 0 Å². The molecule has 100 valence electrons. The standard InChI is InChI=1S/C16H19BrN2/c1-3-13-7-6-10-18-16(13)11-19-12(2)14-8-4-5-9-15(14)17/h4-10,12,19H,3,11H2,1-2H3. The Morgan fingerprint density at radius 1 is 1.21 bits per heavy atom. The molecule has 0 fully saturated rings. The first kappa shape index (κ1) is 14.2. The number of pyridine rings is 1. The highest BCUT2D eigenvalue weighted by Gasteiger charge is 2.09. The topological polar surface area (TPSA) is 24.9 Å². The number of nitrogens with zero attached hydrogens (tertiary/aromatic N) is 1. The number of aryl methyl sites for hydroxylation is 1. The van der Waals surface area contributed by atoms with Crippen LogP contribution in [0.25, 0.3) is 0 Å².